The summed E-state index contributed by atoms with van der Waals surface area (Å²) in [5.41, 5.74) is 6.86. The maximum absolute atomic E-state index is 5.96. The van der Waals surface area contributed by atoms with Gasteiger partial charge in [0, 0.05) is 23.2 Å². The monoisotopic (exact) mass is 306 g/mol. The molecule has 1 aromatic carbocycles. The molecule has 0 saturated carbocycles. The molecular weight excluding hydrogens is 288 g/mol. The lowest BCUT2D eigenvalue weighted by Gasteiger charge is -2.15. The number of benzene rings is 1. The van der Waals surface area contributed by atoms with Crippen molar-refractivity contribution in [2.75, 3.05) is 13.1 Å². The first-order valence-corrected chi connectivity index (χ1v) is 7.56. The van der Waals surface area contributed by atoms with Crippen molar-refractivity contribution < 1.29 is 4.52 Å². The van der Waals surface area contributed by atoms with Gasteiger partial charge in [-0.25, -0.2) is 0 Å². The van der Waals surface area contributed by atoms with Crippen molar-refractivity contribution in [1.29, 1.82) is 0 Å². The zero-order valence-electron chi connectivity index (χ0n) is 12.0. The van der Waals surface area contributed by atoms with Crippen LogP contribution in [0.2, 0.25) is 5.02 Å². The van der Waals surface area contributed by atoms with Gasteiger partial charge in [0.15, 0.2) is 0 Å². The van der Waals surface area contributed by atoms with Gasteiger partial charge in [-0.2, -0.15) is 4.98 Å². The molecule has 2 heterocycles. The molecule has 2 atom stereocenters. The van der Waals surface area contributed by atoms with Gasteiger partial charge < -0.3 is 10.3 Å². The van der Waals surface area contributed by atoms with Crippen molar-refractivity contribution in [2.45, 2.75) is 25.9 Å². The van der Waals surface area contributed by atoms with E-state index >= 15 is 0 Å². The Morgan fingerprint density at radius 1 is 1.43 bits per heavy atom. The third kappa shape index (κ3) is 3.43. The summed E-state index contributed by atoms with van der Waals surface area (Å²) in [4.78, 5) is 6.76. The van der Waals surface area contributed by atoms with Crippen LogP contribution in [0.3, 0.4) is 0 Å². The van der Waals surface area contributed by atoms with Gasteiger partial charge >= 0.3 is 0 Å². The first kappa shape index (κ1) is 14.5. The van der Waals surface area contributed by atoms with Gasteiger partial charge in [-0.1, -0.05) is 16.8 Å². The molecule has 3 rings (SSSR count). The van der Waals surface area contributed by atoms with Crippen LogP contribution in [-0.2, 0) is 6.54 Å². The number of halogens is 1. The van der Waals surface area contributed by atoms with E-state index in [1.165, 1.54) is 0 Å². The average Bonchev–Trinajstić information content (AvgIpc) is 3.10. The Kier molecular flexibility index (Phi) is 4.24. The van der Waals surface area contributed by atoms with Crippen LogP contribution < -0.4 is 5.73 Å². The highest BCUT2D eigenvalue weighted by atomic mass is 35.5. The lowest BCUT2D eigenvalue weighted by atomic mass is 10.0. The minimum Gasteiger partial charge on any atom is -0.338 e. The number of nitrogens with zero attached hydrogens (tertiary/aromatic N) is 3. The number of likely N-dealkylation sites (tertiary alicyclic amines) is 1. The number of hydrogen-bond acceptors (Lipinski definition) is 5. The third-order valence-corrected chi connectivity index (χ3v) is 4.23. The predicted molar refractivity (Wildman–Crippen MR) is 81.8 cm³/mol. The van der Waals surface area contributed by atoms with E-state index in [9.17, 15) is 0 Å². The van der Waals surface area contributed by atoms with Gasteiger partial charge in [0.25, 0.3) is 0 Å². The summed E-state index contributed by atoms with van der Waals surface area (Å²) in [5.74, 6) is 1.80. The average molecular weight is 307 g/mol. The largest absolute Gasteiger partial charge is 0.338 e. The lowest BCUT2D eigenvalue weighted by Crippen LogP contribution is -2.29. The van der Waals surface area contributed by atoms with Gasteiger partial charge in [0.2, 0.25) is 11.7 Å². The van der Waals surface area contributed by atoms with Crippen LogP contribution in [0.4, 0.5) is 0 Å². The number of aromatic nitrogens is 2. The van der Waals surface area contributed by atoms with Crippen LogP contribution in [0.1, 0.15) is 19.2 Å². The molecule has 6 heteroatoms. The Morgan fingerprint density at radius 3 is 2.86 bits per heavy atom. The van der Waals surface area contributed by atoms with E-state index in [2.05, 4.69) is 22.0 Å². The van der Waals surface area contributed by atoms with Crippen LogP contribution in [-0.4, -0.2) is 34.2 Å². The van der Waals surface area contributed by atoms with E-state index in [0.717, 1.165) is 25.1 Å². The number of hydrogen-bond donors (Lipinski definition) is 1. The van der Waals surface area contributed by atoms with E-state index in [0.29, 0.717) is 29.2 Å². The van der Waals surface area contributed by atoms with Crippen molar-refractivity contribution in [3.63, 3.8) is 0 Å². The predicted octanol–water partition coefficient (Wildman–Crippen LogP) is 2.56. The van der Waals surface area contributed by atoms with E-state index in [1.54, 1.807) is 0 Å². The first-order chi connectivity index (χ1) is 10.1. The van der Waals surface area contributed by atoms with Gasteiger partial charge in [-0.05, 0) is 50.1 Å². The standard InChI is InChI=1S/C15H19ClN4O/c1-10(17)12-6-7-20(8-12)9-14-18-15(19-21-14)11-2-4-13(16)5-3-11/h2-5,10,12H,6-9,17H2,1H3. The molecule has 2 unspecified atom stereocenters. The fourth-order valence-electron chi connectivity index (χ4n) is 2.66. The van der Waals surface area contributed by atoms with Crippen LogP contribution in [0, 0.1) is 5.92 Å². The zero-order valence-corrected chi connectivity index (χ0v) is 12.8. The summed E-state index contributed by atoms with van der Waals surface area (Å²) in [6.45, 7) is 4.78. The zero-order chi connectivity index (χ0) is 14.8. The summed E-state index contributed by atoms with van der Waals surface area (Å²) in [5, 5.41) is 4.73. The molecule has 0 amide bonds. The SMILES string of the molecule is CC(N)C1CCN(Cc2nc(-c3ccc(Cl)cc3)no2)C1. The second kappa shape index (κ2) is 6.13. The topological polar surface area (TPSA) is 68.2 Å². The summed E-state index contributed by atoms with van der Waals surface area (Å²) in [7, 11) is 0. The molecule has 1 aromatic heterocycles. The molecule has 0 aliphatic carbocycles. The molecule has 1 aliphatic rings. The molecule has 0 spiro atoms. The van der Waals surface area contributed by atoms with Crippen LogP contribution in [0.25, 0.3) is 11.4 Å². The highest BCUT2D eigenvalue weighted by molar-refractivity contribution is 6.30. The summed E-state index contributed by atoms with van der Waals surface area (Å²) < 4.78 is 5.34. The smallest absolute Gasteiger partial charge is 0.241 e. The van der Waals surface area contributed by atoms with Crippen molar-refractivity contribution in [3.05, 3.63) is 35.2 Å². The molecule has 1 fully saturated rings. The van der Waals surface area contributed by atoms with Crippen molar-refractivity contribution in [1.82, 2.24) is 15.0 Å². The second-order valence-electron chi connectivity index (χ2n) is 5.66. The molecule has 2 aromatic rings. The van der Waals surface area contributed by atoms with Crippen LogP contribution >= 0.6 is 11.6 Å². The molecular formula is C15H19ClN4O. The molecule has 2 N–H and O–H groups in total. The van der Waals surface area contributed by atoms with Crippen LogP contribution in [0.15, 0.2) is 28.8 Å². The van der Waals surface area contributed by atoms with Crippen molar-refractivity contribution in [2.24, 2.45) is 11.7 Å². The molecule has 112 valence electrons. The summed E-state index contributed by atoms with van der Waals surface area (Å²) >= 11 is 5.88. The number of rotatable bonds is 4. The molecule has 1 aliphatic heterocycles. The normalized spacial score (nSPS) is 20.8. The molecule has 0 radical (unpaired) electrons. The molecule has 21 heavy (non-hydrogen) atoms. The molecule has 1 saturated heterocycles. The Labute approximate surface area is 129 Å². The Balaban J connectivity index is 1.64. The highest BCUT2D eigenvalue weighted by Gasteiger charge is 2.26. The lowest BCUT2D eigenvalue weighted by molar-refractivity contribution is 0.257. The number of nitrogens with two attached hydrogens (primary N) is 1. The minimum atomic E-state index is 0.238. The van der Waals surface area contributed by atoms with E-state index in [4.69, 9.17) is 21.9 Å². The van der Waals surface area contributed by atoms with Gasteiger partial charge in [0.1, 0.15) is 0 Å². The van der Waals surface area contributed by atoms with Gasteiger partial charge in [0.05, 0.1) is 6.54 Å². The fourth-order valence-corrected chi connectivity index (χ4v) is 2.79. The summed E-state index contributed by atoms with van der Waals surface area (Å²) in [6, 6.07) is 7.65. The highest BCUT2D eigenvalue weighted by Crippen LogP contribution is 2.22. The van der Waals surface area contributed by atoms with Crippen LogP contribution in [0.5, 0.6) is 0 Å². The minimum absolute atomic E-state index is 0.238. The fraction of sp³-hybridized carbons (Fsp3) is 0.467. The molecule has 5 nitrogen and oxygen atoms in total. The maximum Gasteiger partial charge on any atom is 0.241 e. The Hall–Kier alpha value is -1.43. The quantitative estimate of drug-likeness (QED) is 0.940. The Bertz CT molecular complexity index is 596. The van der Waals surface area contributed by atoms with Crippen molar-refractivity contribution >= 4 is 11.6 Å². The third-order valence-electron chi connectivity index (χ3n) is 3.98. The van der Waals surface area contributed by atoms with Crippen molar-refractivity contribution in [3.8, 4) is 11.4 Å². The second-order valence-corrected chi connectivity index (χ2v) is 6.10. The molecule has 0 bridgehead atoms. The van der Waals surface area contributed by atoms with Gasteiger partial charge in [-0.3, -0.25) is 4.90 Å². The van der Waals surface area contributed by atoms with E-state index in [-0.39, 0.29) is 6.04 Å². The first-order valence-electron chi connectivity index (χ1n) is 7.18. The Morgan fingerprint density at radius 2 is 2.19 bits per heavy atom. The maximum atomic E-state index is 5.96. The van der Waals surface area contributed by atoms with E-state index < -0.39 is 0 Å². The van der Waals surface area contributed by atoms with E-state index in [1.807, 2.05) is 24.3 Å². The summed E-state index contributed by atoms with van der Waals surface area (Å²) in [6.07, 6.45) is 1.13. The van der Waals surface area contributed by atoms with Gasteiger partial charge in [-0.15, -0.1) is 0 Å².